The summed E-state index contributed by atoms with van der Waals surface area (Å²) in [6, 6.07) is 6.65. The summed E-state index contributed by atoms with van der Waals surface area (Å²) < 4.78 is 24.0. The Kier molecular flexibility index (Phi) is 2.80. The van der Waals surface area contributed by atoms with Crippen LogP contribution in [-0.4, -0.2) is 40.6 Å². The average molecular weight is 301 g/mol. The van der Waals surface area contributed by atoms with Crippen molar-refractivity contribution < 1.29 is 13.5 Å². The Bertz CT molecular complexity index is 614. The fourth-order valence-electron chi connectivity index (χ4n) is 2.41. The standard InChI is InChI=1S/C11H11NO3S3/c13-8-3-1-2-7(4-8)12-9-5-18(14,15)6-10(9)17-11(12)16/h1-4,9-10,13H,5-6H2. The van der Waals surface area contributed by atoms with E-state index in [1.165, 1.54) is 11.8 Å². The summed E-state index contributed by atoms with van der Waals surface area (Å²) in [6.07, 6.45) is 0. The number of thioether (sulfide) groups is 1. The maximum atomic E-state index is 11.7. The number of phenolic OH excluding ortho intramolecular Hbond substituents is 1. The molecule has 4 nitrogen and oxygen atoms in total. The number of nitrogens with zero attached hydrogens (tertiary/aromatic N) is 1. The molecule has 2 atom stereocenters. The van der Waals surface area contributed by atoms with Crippen molar-refractivity contribution in [1.29, 1.82) is 0 Å². The second kappa shape index (κ2) is 4.11. The zero-order valence-corrected chi connectivity index (χ0v) is 11.8. The van der Waals surface area contributed by atoms with E-state index in [0.717, 1.165) is 5.69 Å². The molecule has 0 spiro atoms. The van der Waals surface area contributed by atoms with Crippen LogP contribution in [0.1, 0.15) is 0 Å². The van der Waals surface area contributed by atoms with Crippen LogP contribution in [0.15, 0.2) is 24.3 Å². The third-order valence-corrected chi connectivity index (χ3v) is 6.76. The van der Waals surface area contributed by atoms with Crippen LogP contribution >= 0.6 is 24.0 Å². The van der Waals surface area contributed by atoms with E-state index < -0.39 is 9.84 Å². The first-order chi connectivity index (χ1) is 8.46. The normalized spacial score (nSPS) is 29.6. The van der Waals surface area contributed by atoms with Crippen molar-refractivity contribution in [2.75, 3.05) is 16.4 Å². The first-order valence-corrected chi connectivity index (χ1v) is 8.56. The molecule has 0 amide bonds. The van der Waals surface area contributed by atoms with E-state index in [0.29, 0.717) is 4.32 Å². The van der Waals surface area contributed by atoms with Gasteiger partial charge in [0.25, 0.3) is 0 Å². The van der Waals surface area contributed by atoms with E-state index in [1.807, 2.05) is 11.0 Å². The molecule has 2 fully saturated rings. The Morgan fingerprint density at radius 1 is 1.39 bits per heavy atom. The molecular weight excluding hydrogens is 290 g/mol. The molecule has 7 heteroatoms. The summed E-state index contributed by atoms with van der Waals surface area (Å²) in [7, 11) is -2.96. The van der Waals surface area contributed by atoms with Crippen LogP contribution in [-0.2, 0) is 9.84 Å². The van der Waals surface area contributed by atoms with Crippen molar-refractivity contribution in [3.63, 3.8) is 0 Å². The number of hydrogen-bond acceptors (Lipinski definition) is 5. The van der Waals surface area contributed by atoms with E-state index >= 15 is 0 Å². The molecule has 0 aromatic heterocycles. The second-order valence-electron chi connectivity index (χ2n) is 4.46. The largest absolute Gasteiger partial charge is 0.508 e. The number of anilines is 1. The van der Waals surface area contributed by atoms with E-state index in [9.17, 15) is 13.5 Å². The first kappa shape index (κ1) is 12.3. The predicted molar refractivity (Wildman–Crippen MR) is 77.0 cm³/mol. The molecule has 0 saturated carbocycles. The number of rotatable bonds is 1. The van der Waals surface area contributed by atoms with Gasteiger partial charge in [-0.25, -0.2) is 8.42 Å². The molecule has 0 aliphatic carbocycles. The van der Waals surface area contributed by atoms with Gasteiger partial charge in [0.2, 0.25) is 0 Å². The fraction of sp³-hybridized carbons (Fsp3) is 0.364. The van der Waals surface area contributed by atoms with Crippen LogP contribution in [0, 0.1) is 0 Å². The van der Waals surface area contributed by atoms with Gasteiger partial charge < -0.3 is 10.0 Å². The van der Waals surface area contributed by atoms with Crippen molar-refractivity contribution in [3.05, 3.63) is 24.3 Å². The first-order valence-electron chi connectivity index (χ1n) is 5.45. The lowest BCUT2D eigenvalue weighted by Gasteiger charge is -2.24. The minimum Gasteiger partial charge on any atom is -0.508 e. The third kappa shape index (κ3) is 2.00. The quantitative estimate of drug-likeness (QED) is 0.791. The summed E-state index contributed by atoms with van der Waals surface area (Å²) in [5.41, 5.74) is 0.761. The number of benzene rings is 1. The van der Waals surface area contributed by atoms with Crippen LogP contribution in [0.4, 0.5) is 5.69 Å². The summed E-state index contributed by atoms with van der Waals surface area (Å²) in [6.45, 7) is 0. The number of aromatic hydroxyl groups is 1. The Balaban J connectivity index is 1.99. The molecule has 18 heavy (non-hydrogen) atoms. The van der Waals surface area contributed by atoms with Gasteiger partial charge in [0.05, 0.1) is 17.5 Å². The van der Waals surface area contributed by atoms with Crippen molar-refractivity contribution in [2.24, 2.45) is 0 Å². The number of sulfone groups is 1. The smallest absolute Gasteiger partial charge is 0.153 e. The molecule has 2 unspecified atom stereocenters. The summed E-state index contributed by atoms with van der Waals surface area (Å²) in [4.78, 5) is 1.86. The topological polar surface area (TPSA) is 57.6 Å². The monoisotopic (exact) mass is 301 g/mol. The Morgan fingerprint density at radius 3 is 2.89 bits per heavy atom. The molecule has 1 N–H and O–H groups in total. The van der Waals surface area contributed by atoms with Gasteiger partial charge in [-0.3, -0.25) is 0 Å². The number of hydrogen-bond donors (Lipinski definition) is 1. The summed E-state index contributed by atoms with van der Waals surface area (Å²) in [5, 5.41) is 9.53. The predicted octanol–water partition coefficient (Wildman–Crippen LogP) is 1.40. The molecule has 3 rings (SSSR count). The SMILES string of the molecule is O=S1(=O)CC2SC(=S)N(c3cccc(O)c3)C2C1. The molecule has 0 radical (unpaired) electrons. The van der Waals surface area contributed by atoms with E-state index in [1.54, 1.807) is 18.2 Å². The molecule has 2 saturated heterocycles. The van der Waals surface area contributed by atoms with Gasteiger partial charge in [-0.1, -0.05) is 30.0 Å². The van der Waals surface area contributed by atoms with E-state index in [-0.39, 0.29) is 28.5 Å². The Hall–Kier alpha value is -0.790. The minimum absolute atomic E-state index is 0.0184. The number of phenols is 1. The van der Waals surface area contributed by atoms with Gasteiger partial charge in [-0.15, -0.1) is 0 Å². The van der Waals surface area contributed by atoms with Crippen molar-refractivity contribution in [3.8, 4) is 5.75 Å². The van der Waals surface area contributed by atoms with E-state index in [4.69, 9.17) is 12.2 Å². The van der Waals surface area contributed by atoms with Crippen LogP contribution < -0.4 is 4.90 Å². The molecule has 2 heterocycles. The zero-order valence-electron chi connectivity index (χ0n) is 9.31. The third-order valence-electron chi connectivity index (χ3n) is 3.16. The lowest BCUT2D eigenvalue weighted by Crippen LogP contribution is -2.36. The maximum Gasteiger partial charge on any atom is 0.153 e. The molecule has 0 bridgehead atoms. The van der Waals surface area contributed by atoms with Crippen LogP contribution in [0.5, 0.6) is 5.75 Å². The highest BCUT2D eigenvalue weighted by Crippen LogP contribution is 2.41. The average Bonchev–Trinajstić information content (AvgIpc) is 2.68. The van der Waals surface area contributed by atoms with Crippen LogP contribution in [0.3, 0.4) is 0 Å². The molecule has 1 aromatic rings. The van der Waals surface area contributed by atoms with Gasteiger partial charge in [-0.05, 0) is 12.1 Å². The lowest BCUT2D eigenvalue weighted by atomic mass is 10.2. The van der Waals surface area contributed by atoms with Crippen LogP contribution in [0.2, 0.25) is 0 Å². The Morgan fingerprint density at radius 2 is 2.17 bits per heavy atom. The molecular formula is C11H11NO3S3. The lowest BCUT2D eigenvalue weighted by molar-refractivity contribution is 0.475. The molecule has 1 aromatic carbocycles. The van der Waals surface area contributed by atoms with E-state index in [2.05, 4.69) is 0 Å². The van der Waals surface area contributed by atoms with Crippen LogP contribution in [0.25, 0.3) is 0 Å². The number of thiocarbonyl (C=S) groups is 1. The van der Waals surface area contributed by atoms with Gasteiger partial charge >= 0.3 is 0 Å². The van der Waals surface area contributed by atoms with Gasteiger partial charge in [0.1, 0.15) is 10.1 Å². The van der Waals surface area contributed by atoms with Gasteiger partial charge in [-0.2, -0.15) is 0 Å². The minimum atomic E-state index is -2.96. The summed E-state index contributed by atoms with van der Waals surface area (Å²) >= 11 is 6.75. The highest BCUT2D eigenvalue weighted by atomic mass is 32.2. The van der Waals surface area contributed by atoms with Crippen molar-refractivity contribution >= 4 is 43.8 Å². The number of fused-ring (bicyclic) bond motifs is 1. The highest BCUT2D eigenvalue weighted by Gasteiger charge is 2.48. The highest BCUT2D eigenvalue weighted by molar-refractivity contribution is 8.24. The molecule has 2 aliphatic heterocycles. The fourth-order valence-corrected chi connectivity index (χ4v) is 6.79. The molecule has 2 aliphatic rings. The second-order valence-corrected chi connectivity index (χ2v) is 8.48. The van der Waals surface area contributed by atoms with Crippen molar-refractivity contribution in [2.45, 2.75) is 11.3 Å². The maximum absolute atomic E-state index is 11.7. The Labute approximate surface area is 115 Å². The van der Waals surface area contributed by atoms with Crippen molar-refractivity contribution in [1.82, 2.24) is 0 Å². The van der Waals surface area contributed by atoms with Gasteiger partial charge in [0.15, 0.2) is 9.84 Å². The summed E-state index contributed by atoms with van der Waals surface area (Å²) in [5.74, 6) is 0.489. The van der Waals surface area contributed by atoms with Gasteiger partial charge in [0, 0.05) is 17.0 Å². The molecule has 96 valence electrons. The zero-order chi connectivity index (χ0) is 12.9.